The molecule has 0 heterocycles. The standard InChI is InChI=1S/C15H21NO4S/c1-15(2,3)21(18,19)16-13-11-12(7-5-6-10-17)8-9-14(13)20-4/h8-9,11,16-17H,6,10H2,1-4H3. The SMILES string of the molecule is COc1ccc(C#CCCO)cc1NS(=O)(=O)C(C)(C)C. The molecule has 0 aromatic heterocycles. The van der Waals surface area contributed by atoms with Crippen molar-refractivity contribution in [3.05, 3.63) is 23.8 Å². The monoisotopic (exact) mass is 311 g/mol. The summed E-state index contributed by atoms with van der Waals surface area (Å²) in [4.78, 5) is 0. The van der Waals surface area contributed by atoms with Crippen molar-refractivity contribution >= 4 is 15.7 Å². The first-order valence-electron chi connectivity index (χ1n) is 6.51. The Balaban J connectivity index is 3.16. The fourth-order valence-electron chi connectivity index (χ4n) is 1.38. The molecule has 1 aromatic rings. The molecule has 0 aliphatic rings. The lowest BCUT2D eigenvalue weighted by molar-refractivity contribution is 0.305. The quantitative estimate of drug-likeness (QED) is 0.834. The van der Waals surface area contributed by atoms with E-state index in [0.717, 1.165) is 0 Å². The van der Waals surface area contributed by atoms with Crippen LogP contribution in [-0.2, 0) is 10.0 Å². The van der Waals surface area contributed by atoms with E-state index >= 15 is 0 Å². The van der Waals surface area contributed by atoms with E-state index in [9.17, 15) is 8.42 Å². The lowest BCUT2D eigenvalue weighted by atomic mass is 10.2. The van der Waals surface area contributed by atoms with Crippen molar-refractivity contribution in [1.82, 2.24) is 0 Å². The summed E-state index contributed by atoms with van der Waals surface area (Å²) in [5.74, 6) is 6.08. The van der Waals surface area contributed by atoms with Crippen LogP contribution in [0, 0.1) is 11.8 Å². The maximum Gasteiger partial charge on any atom is 0.237 e. The predicted molar refractivity (Wildman–Crippen MR) is 83.9 cm³/mol. The minimum Gasteiger partial charge on any atom is -0.495 e. The molecule has 0 bridgehead atoms. The van der Waals surface area contributed by atoms with Crippen molar-refractivity contribution in [3.63, 3.8) is 0 Å². The van der Waals surface area contributed by atoms with Gasteiger partial charge in [0.1, 0.15) is 5.75 Å². The largest absolute Gasteiger partial charge is 0.495 e. The summed E-state index contributed by atoms with van der Waals surface area (Å²) in [6.07, 6.45) is 0.370. The molecule has 0 spiro atoms. The number of aliphatic hydroxyl groups is 1. The van der Waals surface area contributed by atoms with Crippen molar-refractivity contribution in [1.29, 1.82) is 0 Å². The molecule has 0 radical (unpaired) electrons. The normalized spacial score (nSPS) is 11.5. The Kier molecular flexibility index (Phi) is 5.64. The first kappa shape index (κ1) is 17.3. The van der Waals surface area contributed by atoms with E-state index in [1.807, 2.05) is 0 Å². The summed E-state index contributed by atoms with van der Waals surface area (Å²) in [7, 11) is -2.07. The van der Waals surface area contributed by atoms with E-state index < -0.39 is 14.8 Å². The van der Waals surface area contributed by atoms with Gasteiger partial charge in [-0.25, -0.2) is 8.42 Å². The van der Waals surface area contributed by atoms with Gasteiger partial charge in [0.15, 0.2) is 0 Å². The summed E-state index contributed by atoms with van der Waals surface area (Å²) in [6, 6.07) is 5.01. The number of hydrogen-bond acceptors (Lipinski definition) is 4. The summed E-state index contributed by atoms with van der Waals surface area (Å²) < 4.78 is 31.2. The Morgan fingerprint density at radius 3 is 2.52 bits per heavy atom. The second-order valence-corrected chi connectivity index (χ2v) is 7.84. The highest BCUT2D eigenvalue weighted by molar-refractivity contribution is 7.94. The Morgan fingerprint density at radius 1 is 1.33 bits per heavy atom. The van der Waals surface area contributed by atoms with Crippen LogP contribution in [0.1, 0.15) is 32.8 Å². The van der Waals surface area contributed by atoms with Crippen molar-refractivity contribution in [2.24, 2.45) is 0 Å². The number of rotatable bonds is 4. The van der Waals surface area contributed by atoms with Crippen LogP contribution >= 0.6 is 0 Å². The third-order valence-electron chi connectivity index (χ3n) is 2.72. The zero-order valence-corrected chi connectivity index (χ0v) is 13.5. The van der Waals surface area contributed by atoms with Crippen LogP contribution in [0.3, 0.4) is 0 Å². The molecule has 21 heavy (non-hydrogen) atoms. The van der Waals surface area contributed by atoms with Crippen LogP contribution in [0.15, 0.2) is 18.2 Å². The van der Waals surface area contributed by atoms with E-state index in [2.05, 4.69) is 16.6 Å². The Labute approximate surface area is 126 Å². The summed E-state index contributed by atoms with van der Waals surface area (Å²) in [5.41, 5.74) is 0.999. The van der Waals surface area contributed by atoms with E-state index in [1.165, 1.54) is 7.11 Å². The third-order valence-corrected chi connectivity index (χ3v) is 4.82. The highest BCUT2D eigenvalue weighted by atomic mass is 32.2. The van der Waals surface area contributed by atoms with Gasteiger partial charge in [0.25, 0.3) is 0 Å². The van der Waals surface area contributed by atoms with Crippen LogP contribution in [0.25, 0.3) is 0 Å². The molecule has 0 saturated heterocycles. The van der Waals surface area contributed by atoms with Crippen molar-refractivity contribution in [2.45, 2.75) is 31.9 Å². The minimum atomic E-state index is -3.54. The smallest absolute Gasteiger partial charge is 0.237 e. The lowest BCUT2D eigenvalue weighted by Gasteiger charge is -2.21. The van der Waals surface area contributed by atoms with Gasteiger partial charge in [0, 0.05) is 12.0 Å². The fraction of sp³-hybridized carbons (Fsp3) is 0.467. The highest BCUT2D eigenvalue weighted by Crippen LogP contribution is 2.28. The molecule has 0 atom stereocenters. The van der Waals surface area contributed by atoms with Gasteiger partial charge in [-0.2, -0.15) is 0 Å². The molecule has 1 rings (SSSR count). The molecule has 0 fully saturated rings. The maximum absolute atomic E-state index is 12.2. The van der Waals surface area contributed by atoms with Gasteiger partial charge >= 0.3 is 0 Å². The van der Waals surface area contributed by atoms with Gasteiger partial charge in [0.05, 0.1) is 24.2 Å². The molecule has 1 aromatic carbocycles. The van der Waals surface area contributed by atoms with Crippen molar-refractivity contribution in [3.8, 4) is 17.6 Å². The van der Waals surface area contributed by atoms with Gasteiger partial charge in [-0.05, 0) is 39.0 Å². The third kappa shape index (κ3) is 4.66. The maximum atomic E-state index is 12.2. The molecule has 5 nitrogen and oxygen atoms in total. The number of benzene rings is 1. The molecule has 116 valence electrons. The minimum absolute atomic E-state index is 0.00728. The van der Waals surface area contributed by atoms with Crippen molar-refractivity contribution < 1.29 is 18.3 Å². The fourth-order valence-corrected chi connectivity index (χ4v) is 2.14. The van der Waals surface area contributed by atoms with Gasteiger partial charge in [-0.15, -0.1) is 0 Å². The number of hydrogen-bond donors (Lipinski definition) is 2. The van der Waals surface area contributed by atoms with Crippen LogP contribution < -0.4 is 9.46 Å². The number of methoxy groups -OCH3 is 1. The van der Waals surface area contributed by atoms with E-state index in [4.69, 9.17) is 9.84 Å². The van der Waals surface area contributed by atoms with E-state index in [0.29, 0.717) is 23.4 Å². The van der Waals surface area contributed by atoms with E-state index in [-0.39, 0.29) is 6.61 Å². The van der Waals surface area contributed by atoms with Gasteiger partial charge in [-0.1, -0.05) is 11.8 Å². The lowest BCUT2D eigenvalue weighted by Crippen LogP contribution is -2.33. The Bertz CT molecular complexity index is 648. The molecule has 0 unspecified atom stereocenters. The average molecular weight is 311 g/mol. The second kappa shape index (κ2) is 6.83. The predicted octanol–water partition coefficient (Wildman–Crippen LogP) is 1.97. The van der Waals surface area contributed by atoms with Crippen LogP contribution in [0.5, 0.6) is 5.75 Å². The summed E-state index contributed by atoms with van der Waals surface area (Å²) in [6.45, 7) is 4.85. The highest BCUT2D eigenvalue weighted by Gasteiger charge is 2.29. The number of anilines is 1. The second-order valence-electron chi connectivity index (χ2n) is 5.41. The molecule has 0 aliphatic carbocycles. The molecule has 6 heteroatoms. The molecule has 0 aliphatic heterocycles. The average Bonchev–Trinajstić information content (AvgIpc) is 2.37. The first-order valence-corrected chi connectivity index (χ1v) is 7.99. The zero-order chi connectivity index (χ0) is 16.1. The molecule has 0 saturated carbocycles. The van der Waals surface area contributed by atoms with Crippen molar-refractivity contribution in [2.75, 3.05) is 18.4 Å². The van der Waals surface area contributed by atoms with Crippen LogP contribution in [0.2, 0.25) is 0 Å². The molecule has 0 amide bonds. The van der Waals surface area contributed by atoms with Gasteiger partial charge in [-0.3, -0.25) is 4.72 Å². The molecular formula is C15H21NO4S. The zero-order valence-electron chi connectivity index (χ0n) is 12.7. The number of aliphatic hydroxyl groups excluding tert-OH is 1. The molecule has 2 N–H and O–H groups in total. The first-order chi connectivity index (χ1) is 9.71. The number of nitrogens with one attached hydrogen (secondary N) is 1. The Hall–Kier alpha value is -1.71. The Morgan fingerprint density at radius 2 is 2.00 bits per heavy atom. The van der Waals surface area contributed by atoms with Gasteiger partial charge in [0.2, 0.25) is 10.0 Å². The van der Waals surface area contributed by atoms with Crippen LogP contribution in [0.4, 0.5) is 5.69 Å². The number of sulfonamides is 1. The summed E-state index contributed by atoms with van der Waals surface area (Å²) in [5, 5.41) is 8.71. The van der Waals surface area contributed by atoms with Crippen LogP contribution in [-0.4, -0.2) is 32.0 Å². The summed E-state index contributed by atoms with van der Waals surface area (Å²) >= 11 is 0. The molecular weight excluding hydrogens is 290 g/mol. The van der Waals surface area contributed by atoms with E-state index in [1.54, 1.807) is 39.0 Å². The topological polar surface area (TPSA) is 75.6 Å². The number of ether oxygens (including phenoxy) is 1. The van der Waals surface area contributed by atoms with Gasteiger partial charge < -0.3 is 9.84 Å².